The second-order valence-electron chi connectivity index (χ2n) is 9.79. The normalized spacial score (nSPS) is 12.8. The van der Waals surface area contributed by atoms with Crippen LogP contribution in [0.15, 0.2) is 115 Å². The van der Waals surface area contributed by atoms with Crippen LogP contribution in [0.4, 0.5) is 17.2 Å². The van der Waals surface area contributed by atoms with E-state index in [0.29, 0.717) is 0 Å². The van der Waals surface area contributed by atoms with Crippen molar-refractivity contribution < 1.29 is 0 Å². The van der Waals surface area contributed by atoms with Crippen LogP contribution >= 0.6 is 0 Å². The molecule has 7 aromatic rings. The van der Waals surface area contributed by atoms with Gasteiger partial charge < -0.3 is 0 Å². The number of rotatable bonds is 1. The maximum Gasteiger partial charge on any atom is 0.148 e. The third-order valence-corrected chi connectivity index (χ3v) is 7.97. The zero-order valence-electron chi connectivity index (χ0n) is 19.8. The first kappa shape index (κ1) is 19.2. The molecular weight excluding hydrogens is 450 g/mol. The third kappa shape index (κ3) is 2.36. The van der Waals surface area contributed by atoms with Crippen LogP contribution in [0.3, 0.4) is 0 Å². The standard InChI is InChI=1S/C34H19N3/c1-2-9-21-20(8-1)23-12-7-13-26-30(17-16-24(21)31(23)26)37-29-15-6-4-11-27(29)33-32-25(18-19-35-33)22-10-3-5-14-28(22)36-34(32)37/h1-19H. The molecule has 5 aromatic carbocycles. The number of anilines is 3. The Labute approximate surface area is 213 Å². The summed E-state index contributed by atoms with van der Waals surface area (Å²) < 4.78 is 0. The lowest BCUT2D eigenvalue weighted by molar-refractivity contribution is 1.20. The molecule has 0 amide bonds. The molecule has 0 N–H and O–H groups in total. The predicted molar refractivity (Wildman–Crippen MR) is 153 cm³/mol. The van der Waals surface area contributed by atoms with Crippen LogP contribution in [-0.4, -0.2) is 9.97 Å². The van der Waals surface area contributed by atoms with Gasteiger partial charge in [-0.2, -0.15) is 0 Å². The molecular formula is C34H19N3. The van der Waals surface area contributed by atoms with Crippen molar-refractivity contribution in [1.82, 2.24) is 9.97 Å². The Morgan fingerprint density at radius 1 is 0.459 bits per heavy atom. The average molecular weight is 470 g/mol. The Morgan fingerprint density at radius 2 is 1.16 bits per heavy atom. The highest BCUT2D eigenvalue weighted by molar-refractivity contribution is 6.23. The summed E-state index contributed by atoms with van der Waals surface area (Å²) in [6.45, 7) is 0. The lowest BCUT2D eigenvalue weighted by Crippen LogP contribution is -2.17. The van der Waals surface area contributed by atoms with Crippen LogP contribution in [0.25, 0.3) is 66.0 Å². The topological polar surface area (TPSA) is 29.0 Å². The summed E-state index contributed by atoms with van der Waals surface area (Å²) in [4.78, 5) is 12.5. The lowest BCUT2D eigenvalue weighted by atomic mass is 9.94. The molecule has 0 saturated carbocycles. The molecule has 3 nitrogen and oxygen atoms in total. The number of nitrogens with zero attached hydrogens (tertiary/aromatic N) is 3. The van der Waals surface area contributed by atoms with Gasteiger partial charge in [0.05, 0.1) is 28.0 Å². The minimum Gasteiger partial charge on any atom is -0.293 e. The van der Waals surface area contributed by atoms with E-state index in [9.17, 15) is 0 Å². The Bertz CT molecular complexity index is 2080. The minimum atomic E-state index is 0.937. The number of para-hydroxylation sites is 2. The van der Waals surface area contributed by atoms with Crippen molar-refractivity contribution in [2.45, 2.75) is 0 Å². The minimum absolute atomic E-state index is 0.937. The van der Waals surface area contributed by atoms with E-state index < -0.39 is 0 Å². The molecule has 0 unspecified atom stereocenters. The SMILES string of the molecule is c1ccc2c(c1)-c1cccc3c(N4c5ccccc5-c5nccc6c5c4nc4ccccc46)ccc-2c13. The van der Waals surface area contributed by atoms with Crippen LogP contribution in [0, 0.1) is 0 Å². The van der Waals surface area contributed by atoms with Gasteiger partial charge in [0.25, 0.3) is 0 Å². The van der Waals surface area contributed by atoms with Crippen LogP contribution in [0.5, 0.6) is 0 Å². The quantitative estimate of drug-likeness (QED) is 0.225. The van der Waals surface area contributed by atoms with Crippen LogP contribution in [0.2, 0.25) is 0 Å². The molecule has 0 fully saturated rings. The molecule has 3 heteroatoms. The second-order valence-corrected chi connectivity index (χ2v) is 9.79. The molecule has 0 spiro atoms. The molecule has 0 atom stereocenters. The van der Waals surface area contributed by atoms with Gasteiger partial charge in [-0.3, -0.25) is 9.88 Å². The number of aromatic nitrogens is 2. The number of benzene rings is 5. The van der Waals surface area contributed by atoms with Gasteiger partial charge in [0, 0.05) is 22.5 Å². The molecule has 0 saturated heterocycles. The largest absolute Gasteiger partial charge is 0.293 e. The van der Waals surface area contributed by atoms with Gasteiger partial charge in [0.2, 0.25) is 0 Å². The van der Waals surface area contributed by atoms with Gasteiger partial charge in [0.1, 0.15) is 5.82 Å². The molecule has 2 aromatic heterocycles. The van der Waals surface area contributed by atoms with Gasteiger partial charge >= 0.3 is 0 Å². The smallest absolute Gasteiger partial charge is 0.148 e. The predicted octanol–water partition coefficient (Wildman–Crippen LogP) is 9.03. The van der Waals surface area contributed by atoms with Crippen molar-refractivity contribution in [2.24, 2.45) is 0 Å². The molecule has 1 aliphatic carbocycles. The van der Waals surface area contributed by atoms with Gasteiger partial charge in [0.15, 0.2) is 0 Å². The fourth-order valence-electron chi connectivity index (χ4n) is 6.46. The van der Waals surface area contributed by atoms with E-state index in [2.05, 4.69) is 114 Å². The van der Waals surface area contributed by atoms with Gasteiger partial charge in [-0.15, -0.1) is 0 Å². The Kier molecular flexibility index (Phi) is 3.53. The van der Waals surface area contributed by atoms with Crippen molar-refractivity contribution >= 4 is 49.6 Å². The van der Waals surface area contributed by atoms with Crippen molar-refractivity contribution in [3.05, 3.63) is 115 Å². The Morgan fingerprint density at radius 3 is 2.05 bits per heavy atom. The monoisotopic (exact) mass is 469 g/mol. The highest BCUT2D eigenvalue weighted by Crippen LogP contribution is 2.54. The number of hydrogen-bond acceptors (Lipinski definition) is 3. The zero-order chi connectivity index (χ0) is 24.1. The Balaban J connectivity index is 1.44. The Hall–Kier alpha value is -5.02. The summed E-state index contributed by atoms with van der Waals surface area (Å²) in [5.41, 5.74) is 10.6. The van der Waals surface area contributed by atoms with E-state index >= 15 is 0 Å². The maximum atomic E-state index is 5.28. The van der Waals surface area contributed by atoms with Crippen molar-refractivity contribution in [3.8, 4) is 33.5 Å². The number of fused-ring (bicyclic) bond motifs is 7. The fraction of sp³-hybridized carbons (Fsp3) is 0. The molecule has 2 aliphatic rings. The summed E-state index contributed by atoms with van der Waals surface area (Å²) in [6, 6.07) is 39.1. The van der Waals surface area contributed by atoms with E-state index in [0.717, 1.165) is 44.7 Å². The average Bonchev–Trinajstić information content (AvgIpc) is 3.29. The summed E-state index contributed by atoms with van der Waals surface area (Å²) >= 11 is 0. The molecule has 1 aliphatic heterocycles. The highest BCUT2D eigenvalue weighted by atomic mass is 15.2. The summed E-state index contributed by atoms with van der Waals surface area (Å²) in [6.07, 6.45) is 1.93. The zero-order valence-corrected chi connectivity index (χ0v) is 19.8. The fourth-order valence-corrected chi connectivity index (χ4v) is 6.46. The summed E-state index contributed by atoms with van der Waals surface area (Å²) in [7, 11) is 0. The number of pyridine rings is 2. The first-order valence-electron chi connectivity index (χ1n) is 12.6. The highest BCUT2D eigenvalue weighted by Gasteiger charge is 2.31. The van der Waals surface area contributed by atoms with Crippen molar-refractivity contribution in [2.75, 3.05) is 4.90 Å². The maximum absolute atomic E-state index is 5.28. The first-order valence-corrected chi connectivity index (χ1v) is 12.6. The van der Waals surface area contributed by atoms with Crippen LogP contribution < -0.4 is 4.90 Å². The van der Waals surface area contributed by atoms with Gasteiger partial charge in [-0.25, -0.2) is 4.98 Å². The van der Waals surface area contributed by atoms with E-state index in [1.54, 1.807) is 0 Å². The molecule has 9 rings (SSSR count). The van der Waals surface area contributed by atoms with Gasteiger partial charge in [-0.1, -0.05) is 84.9 Å². The second kappa shape index (κ2) is 6.80. The first-order chi connectivity index (χ1) is 18.4. The summed E-state index contributed by atoms with van der Waals surface area (Å²) in [5, 5.41) is 5.99. The molecule has 0 bridgehead atoms. The molecule has 3 heterocycles. The number of hydrogen-bond donors (Lipinski definition) is 0. The van der Waals surface area contributed by atoms with Gasteiger partial charge in [-0.05, 0) is 57.3 Å². The third-order valence-electron chi connectivity index (χ3n) is 7.97. The van der Waals surface area contributed by atoms with E-state index in [1.807, 2.05) is 6.20 Å². The van der Waals surface area contributed by atoms with Crippen LogP contribution in [-0.2, 0) is 0 Å². The lowest BCUT2D eigenvalue weighted by Gasteiger charge is -2.33. The molecule has 37 heavy (non-hydrogen) atoms. The summed E-state index contributed by atoms with van der Waals surface area (Å²) in [5.74, 6) is 0.937. The van der Waals surface area contributed by atoms with E-state index in [-0.39, 0.29) is 0 Å². The molecule has 0 radical (unpaired) electrons. The van der Waals surface area contributed by atoms with E-state index in [4.69, 9.17) is 9.97 Å². The van der Waals surface area contributed by atoms with Crippen LogP contribution in [0.1, 0.15) is 0 Å². The molecule has 170 valence electrons. The van der Waals surface area contributed by atoms with Crippen molar-refractivity contribution in [1.29, 1.82) is 0 Å². The van der Waals surface area contributed by atoms with Crippen molar-refractivity contribution in [3.63, 3.8) is 0 Å². The van der Waals surface area contributed by atoms with E-state index in [1.165, 1.54) is 38.4 Å².